The minimum absolute atomic E-state index is 0.105. The number of carbonyl (C=O) groups excluding carboxylic acids is 2. The Labute approximate surface area is 111 Å². The van der Waals surface area contributed by atoms with Gasteiger partial charge >= 0.3 is 11.9 Å². The van der Waals surface area contributed by atoms with Gasteiger partial charge in [-0.05, 0) is 6.42 Å². The number of carbonyl (C=O) groups is 4. The van der Waals surface area contributed by atoms with Gasteiger partial charge in [0.05, 0.1) is 18.9 Å². The van der Waals surface area contributed by atoms with Crippen LogP contribution in [0.15, 0.2) is 0 Å². The number of ketones is 1. The minimum atomic E-state index is -1.20. The zero-order chi connectivity index (χ0) is 15.0. The molecule has 0 heterocycles. The second kappa shape index (κ2) is 8.23. The maximum absolute atomic E-state index is 11.8. The maximum Gasteiger partial charge on any atom is 0.305 e. The van der Waals surface area contributed by atoms with Crippen LogP contribution < -0.4 is 5.32 Å². The highest BCUT2D eigenvalue weighted by molar-refractivity contribution is 5.93. The number of carboxylic acid groups (broad SMARTS) is 2. The fraction of sp³-hybridized carbons (Fsp3) is 0.667. The molecule has 7 heteroatoms. The van der Waals surface area contributed by atoms with Crippen molar-refractivity contribution in [3.8, 4) is 0 Å². The molecule has 7 nitrogen and oxygen atoms in total. The number of Topliss-reactive ketones (excluding diaryl/α,β-unsaturated/α-hetero) is 1. The average molecular weight is 273 g/mol. The molecule has 108 valence electrons. The molecule has 0 aromatic rings. The van der Waals surface area contributed by atoms with E-state index in [0.29, 0.717) is 6.42 Å². The summed E-state index contributed by atoms with van der Waals surface area (Å²) in [5, 5.41) is 19.7. The molecule has 0 spiro atoms. The fourth-order valence-corrected chi connectivity index (χ4v) is 1.59. The molecule has 0 aromatic carbocycles. The number of rotatable bonds is 9. The highest BCUT2D eigenvalue weighted by Crippen LogP contribution is 2.10. The zero-order valence-electron chi connectivity index (χ0n) is 11.0. The Morgan fingerprint density at radius 3 is 1.89 bits per heavy atom. The summed E-state index contributed by atoms with van der Waals surface area (Å²) in [5.74, 6) is -4.06. The summed E-state index contributed by atoms with van der Waals surface area (Å²) in [6.07, 6.45) is -0.434. The van der Waals surface area contributed by atoms with Gasteiger partial charge in [0, 0.05) is 12.3 Å². The summed E-state index contributed by atoms with van der Waals surface area (Å²) in [6, 6.07) is -1.10. The van der Waals surface area contributed by atoms with Gasteiger partial charge < -0.3 is 15.5 Å². The summed E-state index contributed by atoms with van der Waals surface area (Å²) in [7, 11) is 0. The van der Waals surface area contributed by atoms with Gasteiger partial charge in [-0.3, -0.25) is 19.2 Å². The third-order valence-corrected chi connectivity index (χ3v) is 2.72. The zero-order valence-corrected chi connectivity index (χ0v) is 11.0. The van der Waals surface area contributed by atoms with E-state index in [2.05, 4.69) is 5.32 Å². The molecule has 0 bridgehead atoms. The van der Waals surface area contributed by atoms with Crippen LogP contribution in [0, 0.1) is 5.92 Å². The van der Waals surface area contributed by atoms with Gasteiger partial charge in [-0.15, -0.1) is 0 Å². The third kappa shape index (κ3) is 6.54. The number of carboxylic acids is 2. The van der Waals surface area contributed by atoms with Crippen LogP contribution in [0.2, 0.25) is 0 Å². The van der Waals surface area contributed by atoms with Crippen LogP contribution in [-0.2, 0) is 19.2 Å². The Morgan fingerprint density at radius 1 is 1.00 bits per heavy atom. The van der Waals surface area contributed by atoms with Crippen LogP contribution >= 0.6 is 0 Å². The standard InChI is InChI=1S/C12H19NO6/c1-3-7(5-10(15)16)12(19)13-8(6-11(17)18)9(14)4-2/h7-8H,3-6H2,1-2H3,(H,13,19)(H,15,16)(H,17,18). The molecule has 0 aliphatic rings. The second-order valence-corrected chi connectivity index (χ2v) is 4.18. The number of amides is 1. The molecule has 0 aliphatic heterocycles. The van der Waals surface area contributed by atoms with Gasteiger partial charge in [-0.25, -0.2) is 0 Å². The van der Waals surface area contributed by atoms with Crippen molar-refractivity contribution in [2.24, 2.45) is 5.92 Å². The van der Waals surface area contributed by atoms with Crippen LogP contribution in [0.1, 0.15) is 39.5 Å². The lowest BCUT2D eigenvalue weighted by molar-refractivity contribution is -0.143. The lowest BCUT2D eigenvalue weighted by atomic mass is 9.99. The van der Waals surface area contributed by atoms with E-state index in [1.807, 2.05) is 0 Å². The van der Waals surface area contributed by atoms with E-state index in [0.717, 1.165) is 0 Å². The third-order valence-electron chi connectivity index (χ3n) is 2.72. The van der Waals surface area contributed by atoms with Gasteiger partial charge in [0.25, 0.3) is 0 Å². The van der Waals surface area contributed by atoms with Crippen LogP contribution in [0.25, 0.3) is 0 Å². The predicted molar refractivity (Wildman–Crippen MR) is 65.5 cm³/mol. The van der Waals surface area contributed by atoms with E-state index in [-0.39, 0.29) is 18.6 Å². The minimum Gasteiger partial charge on any atom is -0.481 e. The van der Waals surface area contributed by atoms with Gasteiger partial charge in [-0.1, -0.05) is 13.8 Å². The topological polar surface area (TPSA) is 121 Å². The van der Waals surface area contributed by atoms with Crippen molar-refractivity contribution in [1.29, 1.82) is 0 Å². The second-order valence-electron chi connectivity index (χ2n) is 4.18. The SMILES string of the molecule is CCC(=O)C(CC(=O)O)NC(=O)C(CC)CC(=O)O. The molecule has 0 aliphatic carbocycles. The molecule has 2 unspecified atom stereocenters. The van der Waals surface area contributed by atoms with Crippen molar-refractivity contribution in [3.63, 3.8) is 0 Å². The van der Waals surface area contributed by atoms with Gasteiger partial charge in [-0.2, -0.15) is 0 Å². The summed E-state index contributed by atoms with van der Waals surface area (Å²) < 4.78 is 0. The highest BCUT2D eigenvalue weighted by atomic mass is 16.4. The van der Waals surface area contributed by atoms with E-state index in [1.165, 1.54) is 0 Å². The van der Waals surface area contributed by atoms with E-state index in [4.69, 9.17) is 10.2 Å². The molecule has 2 atom stereocenters. The van der Waals surface area contributed by atoms with Gasteiger partial charge in [0.1, 0.15) is 0 Å². The number of hydrogen-bond donors (Lipinski definition) is 3. The Bertz CT molecular complexity index is 365. The molecule has 0 fully saturated rings. The summed E-state index contributed by atoms with van der Waals surface area (Å²) in [6.45, 7) is 3.22. The molecule has 0 rings (SSSR count). The molecule has 0 aromatic heterocycles. The van der Waals surface area contributed by atoms with Crippen LogP contribution in [0.4, 0.5) is 0 Å². The Kier molecular flexibility index (Phi) is 7.40. The molecule has 3 N–H and O–H groups in total. The first-order valence-electron chi connectivity index (χ1n) is 6.08. The maximum atomic E-state index is 11.8. The number of aliphatic carboxylic acids is 2. The Morgan fingerprint density at radius 2 is 1.53 bits per heavy atom. The molecule has 1 amide bonds. The summed E-state index contributed by atoms with van der Waals surface area (Å²) >= 11 is 0. The fourth-order valence-electron chi connectivity index (χ4n) is 1.59. The Balaban J connectivity index is 4.72. The number of nitrogens with one attached hydrogen (secondary N) is 1. The van der Waals surface area contributed by atoms with Crippen molar-refractivity contribution < 1.29 is 29.4 Å². The van der Waals surface area contributed by atoms with E-state index >= 15 is 0 Å². The van der Waals surface area contributed by atoms with Crippen molar-refractivity contribution in [2.75, 3.05) is 0 Å². The van der Waals surface area contributed by atoms with E-state index < -0.39 is 36.2 Å². The van der Waals surface area contributed by atoms with Gasteiger partial charge in [0.15, 0.2) is 5.78 Å². The first-order valence-corrected chi connectivity index (χ1v) is 6.08. The molecule has 19 heavy (non-hydrogen) atoms. The van der Waals surface area contributed by atoms with Crippen molar-refractivity contribution in [1.82, 2.24) is 5.32 Å². The molecule has 0 radical (unpaired) electrons. The largest absolute Gasteiger partial charge is 0.481 e. The smallest absolute Gasteiger partial charge is 0.305 e. The lowest BCUT2D eigenvalue weighted by Crippen LogP contribution is -2.45. The van der Waals surface area contributed by atoms with Crippen molar-refractivity contribution >= 4 is 23.6 Å². The average Bonchev–Trinajstić information content (AvgIpc) is 2.33. The molecule has 0 saturated heterocycles. The van der Waals surface area contributed by atoms with Crippen LogP contribution in [-0.4, -0.2) is 39.9 Å². The quantitative estimate of drug-likeness (QED) is 0.560. The van der Waals surface area contributed by atoms with Crippen molar-refractivity contribution in [2.45, 2.75) is 45.6 Å². The molecular weight excluding hydrogens is 254 g/mol. The van der Waals surface area contributed by atoms with Crippen molar-refractivity contribution in [3.05, 3.63) is 0 Å². The molecule has 0 saturated carbocycles. The highest BCUT2D eigenvalue weighted by Gasteiger charge is 2.26. The van der Waals surface area contributed by atoms with Gasteiger partial charge in [0.2, 0.25) is 5.91 Å². The van der Waals surface area contributed by atoms with E-state index in [1.54, 1.807) is 13.8 Å². The first-order chi connectivity index (χ1) is 8.81. The summed E-state index contributed by atoms with van der Waals surface area (Å²) in [4.78, 5) is 44.5. The lowest BCUT2D eigenvalue weighted by Gasteiger charge is -2.19. The molecular formula is C12H19NO6. The summed E-state index contributed by atoms with van der Waals surface area (Å²) in [5.41, 5.74) is 0. The monoisotopic (exact) mass is 273 g/mol. The van der Waals surface area contributed by atoms with Crippen LogP contribution in [0.3, 0.4) is 0 Å². The normalized spacial score (nSPS) is 13.4. The number of hydrogen-bond acceptors (Lipinski definition) is 4. The Hall–Kier alpha value is -1.92. The first kappa shape index (κ1) is 17.1. The van der Waals surface area contributed by atoms with E-state index in [9.17, 15) is 19.2 Å². The van der Waals surface area contributed by atoms with Crippen LogP contribution in [0.5, 0.6) is 0 Å². The predicted octanol–water partition coefficient (Wildman–Crippen LogP) is 0.426.